The molecule has 0 spiro atoms. The van der Waals surface area contributed by atoms with Gasteiger partial charge in [-0.2, -0.15) is 8.42 Å². The normalized spacial score (nSPS) is 14.4. The van der Waals surface area contributed by atoms with Crippen LogP contribution in [0.25, 0.3) is 11.3 Å². The number of nitrogens with two attached hydrogens (primary N) is 1. The molecule has 33 heavy (non-hydrogen) atoms. The van der Waals surface area contributed by atoms with Crippen LogP contribution in [-0.4, -0.2) is 42.3 Å². The molecule has 0 radical (unpaired) electrons. The van der Waals surface area contributed by atoms with Gasteiger partial charge in [-0.15, -0.1) is 4.40 Å². The van der Waals surface area contributed by atoms with Crippen LogP contribution in [0.2, 0.25) is 0 Å². The zero-order valence-corrected chi connectivity index (χ0v) is 18.8. The standard InChI is InChI=1S/C22H22N6O4S/c1-22(2,13-32-18-5-3-4-16-19(18)20(23)28-33(30,31)27-16)26-21(29)15-8-11-25-17(12-15)14-6-9-24-10-7-14/h3-12,27H,13H2,1-2H3,(H2,23,28)(H,26,29). The van der Waals surface area contributed by atoms with Crippen molar-refractivity contribution in [3.05, 3.63) is 72.2 Å². The monoisotopic (exact) mass is 466 g/mol. The average Bonchev–Trinajstić information content (AvgIpc) is 2.77. The molecule has 1 aliphatic rings. The molecule has 4 rings (SSSR count). The number of nitrogens with one attached hydrogen (secondary N) is 2. The second-order valence-corrected chi connectivity index (χ2v) is 9.36. The van der Waals surface area contributed by atoms with Crippen molar-refractivity contribution in [3.8, 4) is 17.0 Å². The van der Waals surface area contributed by atoms with E-state index in [1.54, 1.807) is 48.9 Å². The number of carbonyl (C=O) groups is 1. The third-order valence-corrected chi connectivity index (χ3v) is 5.69. The number of carbonyl (C=O) groups excluding carboxylic acids is 1. The Kier molecular flexibility index (Phi) is 5.73. The molecule has 1 amide bonds. The number of ether oxygens (including phenoxy) is 1. The number of nitrogens with zero attached hydrogens (tertiary/aromatic N) is 3. The molecule has 2 aromatic heterocycles. The van der Waals surface area contributed by atoms with Gasteiger partial charge in [0.2, 0.25) is 0 Å². The summed E-state index contributed by atoms with van der Waals surface area (Å²) in [6, 6.07) is 11.8. The number of benzene rings is 1. The van der Waals surface area contributed by atoms with E-state index in [-0.39, 0.29) is 24.0 Å². The maximum absolute atomic E-state index is 12.9. The van der Waals surface area contributed by atoms with Gasteiger partial charge in [0.05, 0.1) is 22.5 Å². The van der Waals surface area contributed by atoms with Gasteiger partial charge in [-0.05, 0) is 50.2 Å². The number of aromatic nitrogens is 2. The molecule has 1 aromatic carbocycles. The Bertz CT molecular complexity index is 1340. The third kappa shape index (κ3) is 5.09. The minimum absolute atomic E-state index is 0.0948. The summed E-state index contributed by atoms with van der Waals surface area (Å²) in [6.45, 7) is 3.72. The molecule has 170 valence electrons. The summed E-state index contributed by atoms with van der Waals surface area (Å²) in [5.74, 6) is -0.103. The Morgan fingerprint density at radius 1 is 1.15 bits per heavy atom. The highest BCUT2D eigenvalue weighted by Gasteiger charge is 2.27. The first-order chi connectivity index (χ1) is 15.6. The fourth-order valence-electron chi connectivity index (χ4n) is 3.26. The lowest BCUT2D eigenvalue weighted by molar-refractivity contribution is 0.0880. The molecule has 11 heteroatoms. The number of fused-ring (bicyclic) bond motifs is 1. The number of hydrogen-bond donors (Lipinski definition) is 3. The van der Waals surface area contributed by atoms with Gasteiger partial charge in [-0.1, -0.05) is 6.07 Å². The Hall–Kier alpha value is -3.99. The highest BCUT2D eigenvalue weighted by Crippen LogP contribution is 2.31. The minimum atomic E-state index is -3.88. The van der Waals surface area contributed by atoms with Gasteiger partial charge in [0.25, 0.3) is 5.91 Å². The SMILES string of the molecule is CC(C)(COc1cccc2c1C(N)=NS(=O)(=O)N2)NC(=O)c1ccnc(-c2ccncc2)c1. The Morgan fingerprint density at radius 3 is 2.67 bits per heavy atom. The van der Waals surface area contributed by atoms with E-state index in [9.17, 15) is 13.2 Å². The van der Waals surface area contributed by atoms with E-state index in [1.165, 1.54) is 0 Å². The van der Waals surface area contributed by atoms with Gasteiger partial charge >= 0.3 is 10.2 Å². The molecular weight excluding hydrogens is 444 g/mol. The van der Waals surface area contributed by atoms with E-state index in [0.29, 0.717) is 22.6 Å². The van der Waals surface area contributed by atoms with Crippen LogP contribution < -0.4 is 20.5 Å². The van der Waals surface area contributed by atoms with Crippen LogP contribution in [0.3, 0.4) is 0 Å². The molecule has 1 aliphatic heterocycles. The lowest BCUT2D eigenvalue weighted by Crippen LogP contribution is -2.48. The number of anilines is 1. The molecule has 0 unspecified atom stereocenters. The van der Waals surface area contributed by atoms with E-state index < -0.39 is 15.7 Å². The van der Waals surface area contributed by atoms with Crippen molar-refractivity contribution in [1.82, 2.24) is 15.3 Å². The maximum Gasteiger partial charge on any atom is 0.344 e. The minimum Gasteiger partial charge on any atom is -0.490 e. The Labute approximate surface area is 191 Å². The molecule has 0 saturated carbocycles. The van der Waals surface area contributed by atoms with Crippen molar-refractivity contribution in [2.75, 3.05) is 11.3 Å². The summed E-state index contributed by atoms with van der Waals surface area (Å²) in [6.07, 6.45) is 4.90. The van der Waals surface area contributed by atoms with Gasteiger partial charge in [0.1, 0.15) is 12.4 Å². The summed E-state index contributed by atoms with van der Waals surface area (Å²) in [5.41, 5.74) is 7.68. The number of hydrogen-bond acceptors (Lipinski definition) is 7. The van der Waals surface area contributed by atoms with Crippen molar-refractivity contribution >= 4 is 27.6 Å². The maximum atomic E-state index is 12.9. The quantitative estimate of drug-likeness (QED) is 0.504. The van der Waals surface area contributed by atoms with Crippen LogP contribution in [0.15, 0.2) is 65.5 Å². The van der Waals surface area contributed by atoms with Crippen LogP contribution in [0, 0.1) is 0 Å². The van der Waals surface area contributed by atoms with Crippen molar-refractivity contribution in [2.45, 2.75) is 19.4 Å². The molecule has 3 aromatic rings. The first kappa shape index (κ1) is 22.2. The summed E-state index contributed by atoms with van der Waals surface area (Å²) in [4.78, 5) is 21.2. The average molecular weight is 467 g/mol. The van der Waals surface area contributed by atoms with Gasteiger partial charge in [0, 0.05) is 29.7 Å². The van der Waals surface area contributed by atoms with Crippen molar-refractivity contribution < 1.29 is 17.9 Å². The van der Waals surface area contributed by atoms with E-state index in [1.807, 2.05) is 26.0 Å². The molecule has 0 atom stereocenters. The molecule has 10 nitrogen and oxygen atoms in total. The number of amidine groups is 1. The summed E-state index contributed by atoms with van der Waals surface area (Å²) < 4.78 is 35.2. The molecule has 0 bridgehead atoms. The van der Waals surface area contributed by atoms with E-state index in [0.717, 1.165) is 5.56 Å². The zero-order chi connectivity index (χ0) is 23.6. The molecule has 0 fully saturated rings. The van der Waals surface area contributed by atoms with Gasteiger partial charge < -0.3 is 15.8 Å². The van der Waals surface area contributed by atoms with Crippen molar-refractivity contribution in [3.63, 3.8) is 0 Å². The van der Waals surface area contributed by atoms with Gasteiger partial charge in [0.15, 0.2) is 5.84 Å². The van der Waals surface area contributed by atoms with E-state index in [4.69, 9.17) is 10.5 Å². The first-order valence-electron chi connectivity index (χ1n) is 9.97. The highest BCUT2D eigenvalue weighted by molar-refractivity contribution is 7.91. The van der Waals surface area contributed by atoms with Crippen molar-refractivity contribution in [1.29, 1.82) is 0 Å². The largest absolute Gasteiger partial charge is 0.490 e. The van der Waals surface area contributed by atoms with Crippen LogP contribution in [-0.2, 0) is 10.2 Å². The number of amides is 1. The zero-order valence-electron chi connectivity index (χ0n) is 17.9. The van der Waals surface area contributed by atoms with E-state index >= 15 is 0 Å². The van der Waals surface area contributed by atoms with Crippen LogP contribution >= 0.6 is 0 Å². The number of rotatable bonds is 6. The predicted molar refractivity (Wildman–Crippen MR) is 124 cm³/mol. The molecule has 0 aliphatic carbocycles. The smallest absolute Gasteiger partial charge is 0.344 e. The van der Waals surface area contributed by atoms with Crippen molar-refractivity contribution in [2.24, 2.45) is 10.1 Å². The molecule has 0 saturated heterocycles. The predicted octanol–water partition coefficient (Wildman–Crippen LogP) is 2.11. The molecule has 4 N–H and O–H groups in total. The Balaban J connectivity index is 1.47. The first-order valence-corrected chi connectivity index (χ1v) is 11.4. The fourth-order valence-corrected chi connectivity index (χ4v) is 4.11. The third-order valence-electron chi connectivity index (χ3n) is 4.78. The lowest BCUT2D eigenvalue weighted by atomic mass is 10.0. The summed E-state index contributed by atoms with van der Waals surface area (Å²) >= 11 is 0. The molecule has 3 heterocycles. The Morgan fingerprint density at radius 2 is 1.91 bits per heavy atom. The number of pyridine rings is 2. The van der Waals surface area contributed by atoms with Gasteiger partial charge in [-0.3, -0.25) is 19.5 Å². The fraction of sp³-hybridized carbons (Fsp3) is 0.182. The lowest BCUT2D eigenvalue weighted by Gasteiger charge is -2.27. The highest BCUT2D eigenvalue weighted by atomic mass is 32.2. The topological polar surface area (TPSA) is 149 Å². The van der Waals surface area contributed by atoms with Gasteiger partial charge in [-0.25, -0.2) is 0 Å². The van der Waals surface area contributed by atoms with Crippen LogP contribution in [0.4, 0.5) is 5.69 Å². The molecular formula is C22H22N6O4S. The second-order valence-electron chi connectivity index (χ2n) is 8.02. The van der Waals surface area contributed by atoms with E-state index in [2.05, 4.69) is 24.4 Å². The summed E-state index contributed by atoms with van der Waals surface area (Å²) in [5, 5.41) is 2.95. The van der Waals surface area contributed by atoms with Crippen LogP contribution in [0.1, 0.15) is 29.8 Å². The summed E-state index contributed by atoms with van der Waals surface area (Å²) in [7, 11) is -3.88. The van der Waals surface area contributed by atoms with Crippen LogP contribution in [0.5, 0.6) is 5.75 Å². The second kappa shape index (κ2) is 8.51.